The number of piperidine rings is 1. The molecule has 2 heterocycles. The lowest BCUT2D eigenvalue weighted by molar-refractivity contribution is 0.193. The molecule has 102 valence electrons. The van der Waals surface area contributed by atoms with E-state index in [0.29, 0.717) is 23.2 Å². The molecule has 0 spiro atoms. The van der Waals surface area contributed by atoms with Crippen LogP contribution < -0.4 is 5.73 Å². The summed E-state index contributed by atoms with van der Waals surface area (Å²) in [5, 5.41) is 0. The molecular weight excluding hydrogens is 336 g/mol. The van der Waals surface area contributed by atoms with Gasteiger partial charge in [-0.25, -0.2) is 8.42 Å². The van der Waals surface area contributed by atoms with Crippen LogP contribution in [0.15, 0.2) is 20.1 Å². The first-order valence-electron chi connectivity index (χ1n) is 5.94. The number of halogens is 1. The molecule has 1 aliphatic rings. The van der Waals surface area contributed by atoms with Crippen LogP contribution in [0.3, 0.4) is 0 Å². The molecule has 1 aliphatic heterocycles. The van der Waals surface area contributed by atoms with Crippen molar-refractivity contribution in [2.75, 3.05) is 13.1 Å². The Bertz CT molecular complexity index is 515. The molecule has 1 fully saturated rings. The zero-order valence-electron chi connectivity index (χ0n) is 10.2. The molecule has 0 amide bonds. The van der Waals surface area contributed by atoms with Gasteiger partial charge in [-0.15, -0.1) is 11.3 Å². The fraction of sp³-hybridized carbons (Fsp3) is 0.636. The highest BCUT2D eigenvalue weighted by Gasteiger charge is 2.36. The van der Waals surface area contributed by atoms with Crippen molar-refractivity contribution in [1.82, 2.24) is 4.31 Å². The van der Waals surface area contributed by atoms with Gasteiger partial charge in [-0.2, -0.15) is 4.31 Å². The molecule has 1 aromatic rings. The van der Waals surface area contributed by atoms with Crippen LogP contribution in [-0.2, 0) is 10.0 Å². The number of sulfonamides is 1. The maximum absolute atomic E-state index is 12.6. The molecule has 2 unspecified atom stereocenters. The monoisotopic (exact) mass is 352 g/mol. The lowest BCUT2D eigenvalue weighted by Gasteiger charge is -2.37. The second kappa shape index (κ2) is 5.58. The average Bonchev–Trinajstić information content (AvgIpc) is 2.76. The van der Waals surface area contributed by atoms with E-state index in [2.05, 4.69) is 22.9 Å². The minimum Gasteiger partial charge on any atom is -0.329 e. The maximum atomic E-state index is 12.6. The predicted molar refractivity (Wildman–Crippen MR) is 77.2 cm³/mol. The number of nitrogens with zero attached hydrogens (tertiary/aromatic N) is 1. The van der Waals surface area contributed by atoms with Crippen molar-refractivity contribution in [2.45, 2.75) is 30.0 Å². The van der Waals surface area contributed by atoms with Crippen LogP contribution >= 0.6 is 27.3 Å². The first-order valence-corrected chi connectivity index (χ1v) is 8.99. The van der Waals surface area contributed by atoms with Crippen LogP contribution in [0.4, 0.5) is 0 Å². The number of thiophene rings is 1. The van der Waals surface area contributed by atoms with Crippen molar-refractivity contribution in [3.05, 3.63) is 15.9 Å². The third-order valence-electron chi connectivity index (χ3n) is 3.42. The summed E-state index contributed by atoms with van der Waals surface area (Å²) in [5.41, 5.74) is 5.75. The molecule has 0 aliphatic carbocycles. The Morgan fingerprint density at radius 1 is 1.56 bits per heavy atom. The van der Waals surface area contributed by atoms with Gasteiger partial charge in [-0.1, -0.05) is 6.92 Å². The van der Waals surface area contributed by atoms with Gasteiger partial charge in [0.25, 0.3) is 10.0 Å². The van der Waals surface area contributed by atoms with E-state index in [9.17, 15) is 8.42 Å². The lowest BCUT2D eigenvalue weighted by Crippen LogP contribution is -2.51. The fourth-order valence-corrected chi connectivity index (χ4v) is 6.32. The molecule has 1 saturated heterocycles. The molecule has 1 aromatic heterocycles. The summed E-state index contributed by atoms with van der Waals surface area (Å²) in [6.45, 7) is 3.03. The van der Waals surface area contributed by atoms with E-state index in [1.165, 1.54) is 11.3 Å². The highest BCUT2D eigenvalue weighted by Crippen LogP contribution is 2.33. The van der Waals surface area contributed by atoms with Gasteiger partial charge in [0, 0.05) is 19.1 Å². The van der Waals surface area contributed by atoms with Crippen LogP contribution in [0.2, 0.25) is 0 Å². The Morgan fingerprint density at radius 3 is 2.83 bits per heavy atom. The molecule has 18 heavy (non-hydrogen) atoms. The normalized spacial score (nSPS) is 26.4. The number of nitrogens with two attached hydrogens (primary N) is 1. The van der Waals surface area contributed by atoms with Crippen molar-refractivity contribution in [3.63, 3.8) is 0 Å². The zero-order valence-corrected chi connectivity index (χ0v) is 13.4. The van der Waals surface area contributed by atoms with Crippen LogP contribution in [-0.4, -0.2) is 31.9 Å². The zero-order chi connectivity index (χ0) is 13.3. The van der Waals surface area contributed by atoms with Crippen molar-refractivity contribution >= 4 is 37.3 Å². The molecule has 0 aromatic carbocycles. The number of hydrogen-bond acceptors (Lipinski definition) is 4. The Morgan fingerprint density at radius 2 is 2.28 bits per heavy atom. The third-order valence-corrected chi connectivity index (χ3v) is 7.43. The highest BCUT2D eigenvalue weighted by atomic mass is 79.9. The van der Waals surface area contributed by atoms with Gasteiger partial charge in [0.15, 0.2) is 0 Å². The fourth-order valence-electron chi connectivity index (χ4n) is 2.41. The van der Waals surface area contributed by atoms with E-state index in [4.69, 9.17) is 5.73 Å². The smallest absolute Gasteiger partial charge is 0.252 e. The van der Waals surface area contributed by atoms with E-state index in [0.717, 1.165) is 16.6 Å². The Kier molecular flexibility index (Phi) is 4.48. The minimum atomic E-state index is -3.39. The van der Waals surface area contributed by atoms with E-state index in [1.54, 1.807) is 16.4 Å². The third kappa shape index (κ3) is 2.65. The molecule has 0 radical (unpaired) electrons. The van der Waals surface area contributed by atoms with Crippen LogP contribution in [0, 0.1) is 5.92 Å². The maximum Gasteiger partial charge on any atom is 0.252 e. The topological polar surface area (TPSA) is 63.4 Å². The van der Waals surface area contributed by atoms with E-state index in [-0.39, 0.29) is 6.04 Å². The van der Waals surface area contributed by atoms with Crippen LogP contribution in [0.5, 0.6) is 0 Å². The molecule has 7 heteroatoms. The number of hydrogen-bond donors (Lipinski definition) is 1. The summed E-state index contributed by atoms with van der Waals surface area (Å²) >= 11 is 4.55. The summed E-state index contributed by atoms with van der Waals surface area (Å²) < 4.78 is 28.0. The van der Waals surface area contributed by atoms with Crippen molar-refractivity contribution < 1.29 is 8.42 Å². The molecule has 4 nitrogen and oxygen atoms in total. The summed E-state index contributed by atoms with van der Waals surface area (Å²) in [5.74, 6) is 0.321. The Balaban J connectivity index is 2.34. The molecule has 0 bridgehead atoms. The molecule has 2 N–H and O–H groups in total. The van der Waals surface area contributed by atoms with Gasteiger partial charge >= 0.3 is 0 Å². The second-order valence-corrected chi connectivity index (χ2v) is 9.18. The van der Waals surface area contributed by atoms with Gasteiger partial charge < -0.3 is 5.73 Å². The van der Waals surface area contributed by atoms with Gasteiger partial charge in [0.1, 0.15) is 4.21 Å². The van der Waals surface area contributed by atoms with Gasteiger partial charge in [-0.05, 0) is 46.8 Å². The van der Waals surface area contributed by atoms with Crippen LogP contribution in [0.1, 0.15) is 19.8 Å². The predicted octanol–water partition coefficient (Wildman–Crippen LogP) is 2.26. The second-order valence-electron chi connectivity index (χ2n) is 4.60. The molecular formula is C11H17BrN2O2S2. The van der Waals surface area contributed by atoms with Crippen molar-refractivity contribution in [1.29, 1.82) is 0 Å². The molecule has 2 rings (SSSR count). The van der Waals surface area contributed by atoms with Gasteiger partial charge in [0.2, 0.25) is 0 Å². The molecule has 2 atom stereocenters. The first kappa shape index (κ1) is 14.5. The lowest BCUT2D eigenvalue weighted by atomic mass is 9.93. The van der Waals surface area contributed by atoms with Gasteiger partial charge in [-0.3, -0.25) is 0 Å². The standard InChI is InChI=1S/C11H17BrN2O2S2/c1-8-3-2-6-14(9(8)7-13)18(15,16)11-5-4-10(12)17-11/h4-5,8-9H,2-3,6-7,13H2,1H3. The summed E-state index contributed by atoms with van der Waals surface area (Å²) in [4.78, 5) is 0. The summed E-state index contributed by atoms with van der Waals surface area (Å²) in [7, 11) is -3.39. The SMILES string of the molecule is CC1CCCN(S(=O)(=O)c2ccc(Br)s2)C1CN. The summed E-state index contributed by atoms with van der Waals surface area (Å²) in [6, 6.07) is 3.34. The summed E-state index contributed by atoms with van der Waals surface area (Å²) in [6.07, 6.45) is 1.95. The van der Waals surface area contributed by atoms with Gasteiger partial charge in [0.05, 0.1) is 3.79 Å². The largest absolute Gasteiger partial charge is 0.329 e. The first-order chi connectivity index (χ1) is 8.46. The Hall–Kier alpha value is 0.0500. The minimum absolute atomic E-state index is 0.0791. The Labute approximate surface area is 120 Å². The van der Waals surface area contributed by atoms with Crippen molar-refractivity contribution in [3.8, 4) is 0 Å². The van der Waals surface area contributed by atoms with Crippen molar-refractivity contribution in [2.24, 2.45) is 11.7 Å². The van der Waals surface area contributed by atoms with E-state index < -0.39 is 10.0 Å². The average molecular weight is 353 g/mol. The molecule has 0 saturated carbocycles. The van der Waals surface area contributed by atoms with E-state index in [1.807, 2.05) is 0 Å². The quantitative estimate of drug-likeness (QED) is 0.907. The number of rotatable bonds is 3. The highest BCUT2D eigenvalue weighted by molar-refractivity contribution is 9.11. The van der Waals surface area contributed by atoms with E-state index >= 15 is 0 Å². The van der Waals surface area contributed by atoms with Crippen LogP contribution in [0.25, 0.3) is 0 Å².